The van der Waals surface area contributed by atoms with Gasteiger partial charge in [-0.15, -0.1) is 0 Å². The molecule has 0 radical (unpaired) electrons. The first-order valence-electron chi connectivity index (χ1n) is 7.40. The Morgan fingerprint density at radius 3 is 2.65 bits per heavy atom. The molecule has 0 saturated heterocycles. The van der Waals surface area contributed by atoms with Crippen molar-refractivity contribution in [1.82, 2.24) is 5.32 Å². The molecule has 1 aliphatic carbocycles. The summed E-state index contributed by atoms with van der Waals surface area (Å²) in [7, 11) is 1.63. The highest BCUT2D eigenvalue weighted by molar-refractivity contribution is 5.85. The van der Waals surface area contributed by atoms with Gasteiger partial charge in [0.05, 0.1) is 12.8 Å². The van der Waals surface area contributed by atoms with Crippen molar-refractivity contribution in [3.8, 4) is 5.75 Å². The molecule has 110 valence electrons. The van der Waals surface area contributed by atoms with Gasteiger partial charge in [0.25, 0.3) is 0 Å². The molecule has 0 aromatic heterocycles. The Kier molecular flexibility index (Phi) is 5.27. The fourth-order valence-electron chi connectivity index (χ4n) is 2.64. The largest absolute Gasteiger partial charge is 0.495 e. The van der Waals surface area contributed by atoms with E-state index in [0.717, 1.165) is 24.3 Å². The third-order valence-electron chi connectivity index (χ3n) is 3.82. The van der Waals surface area contributed by atoms with Gasteiger partial charge in [0, 0.05) is 6.04 Å². The first kappa shape index (κ1) is 14.7. The summed E-state index contributed by atoms with van der Waals surface area (Å²) in [5, 5.41) is 6.35. The molecule has 0 bridgehead atoms. The zero-order chi connectivity index (χ0) is 14.4. The van der Waals surface area contributed by atoms with E-state index in [2.05, 4.69) is 10.6 Å². The molecule has 1 saturated carbocycles. The van der Waals surface area contributed by atoms with Gasteiger partial charge >= 0.3 is 0 Å². The van der Waals surface area contributed by atoms with E-state index in [4.69, 9.17) is 4.74 Å². The predicted octanol–water partition coefficient (Wildman–Crippen LogP) is 2.94. The normalized spacial score (nSPS) is 17.3. The molecule has 0 spiro atoms. The van der Waals surface area contributed by atoms with E-state index >= 15 is 0 Å². The van der Waals surface area contributed by atoms with Gasteiger partial charge in [0.2, 0.25) is 5.91 Å². The Balaban J connectivity index is 1.89. The van der Waals surface area contributed by atoms with Crippen LogP contribution >= 0.6 is 0 Å². The van der Waals surface area contributed by atoms with Crippen molar-refractivity contribution in [3.05, 3.63) is 24.3 Å². The molecular formula is C16H24N2O2. The van der Waals surface area contributed by atoms with E-state index in [9.17, 15) is 4.79 Å². The van der Waals surface area contributed by atoms with E-state index in [1.165, 1.54) is 19.3 Å². The fourth-order valence-corrected chi connectivity index (χ4v) is 2.64. The van der Waals surface area contributed by atoms with Crippen LogP contribution in [0, 0.1) is 0 Å². The third kappa shape index (κ3) is 3.89. The molecule has 20 heavy (non-hydrogen) atoms. The number of rotatable bonds is 5. The summed E-state index contributed by atoms with van der Waals surface area (Å²) in [6.45, 7) is 1.88. The van der Waals surface area contributed by atoms with Crippen LogP contribution in [-0.4, -0.2) is 25.1 Å². The Labute approximate surface area is 120 Å². The minimum absolute atomic E-state index is 0.0582. The molecule has 2 N–H and O–H groups in total. The number of nitrogens with one attached hydrogen (secondary N) is 2. The Hall–Kier alpha value is -1.71. The van der Waals surface area contributed by atoms with E-state index < -0.39 is 0 Å². The molecule has 1 aromatic rings. The van der Waals surface area contributed by atoms with Crippen molar-refractivity contribution in [3.63, 3.8) is 0 Å². The van der Waals surface area contributed by atoms with E-state index in [1.807, 2.05) is 31.2 Å². The van der Waals surface area contributed by atoms with Crippen molar-refractivity contribution in [2.45, 2.75) is 51.1 Å². The number of hydrogen-bond donors (Lipinski definition) is 2. The number of anilines is 1. The SMILES string of the molecule is COc1ccccc1N[C@H](C)C(=O)NC1CCCCC1. The summed E-state index contributed by atoms with van der Waals surface area (Å²) in [4.78, 5) is 12.2. The summed E-state index contributed by atoms with van der Waals surface area (Å²) >= 11 is 0. The van der Waals surface area contributed by atoms with Crippen LogP contribution in [0.1, 0.15) is 39.0 Å². The topological polar surface area (TPSA) is 50.4 Å². The molecule has 1 aliphatic rings. The number of benzene rings is 1. The van der Waals surface area contributed by atoms with Crippen LogP contribution in [0.25, 0.3) is 0 Å². The van der Waals surface area contributed by atoms with Crippen LogP contribution < -0.4 is 15.4 Å². The van der Waals surface area contributed by atoms with Crippen LogP contribution in [0.15, 0.2) is 24.3 Å². The smallest absolute Gasteiger partial charge is 0.242 e. The second-order valence-corrected chi connectivity index (χ2v) is 5.41. The van der Waals surface area contributed by atoms with Gasteiger partial charge in [-0.3, -0.25) is 4.79 Å². The lowest BCUT2D eigenvalue weighted by molar-refractivity contribution is -0.122. The maximum atomic E-state index is 12.2. The number of amides is 1. The van der Waals surface area contributed by atoms with Gasteiger partial charge in [0.15, 0.2) is 0 Å². The highest BCUT2D eigenvalue weighted by Crippen LogP contribution is 2.24. The van der Waals surface area contributed by atoms with Crippen LogP contribution in [0.5, 0.6) is 5.75 Å². The van der Waals surface area contributed by atoms with Crippen molar-refractivity contribution in [2.24, 2.45) is 0 Å². The lowest BCUT2D eigenvalue weighted by atomic mass is 9.95. The van der Waals surface area contributed by atoms with Crippen molar-refractivity contribution in [2.75, 3.05) is 12.4 Å². The molecular weight excluding hydrogens is 252 g/mol. The molecule has 2 rings (SSSR count). The van der Waals surface area contributed by atoms with E-state index in [1.54, 1.807) is 7.11 Å². The number of carbonyl (C=O) groups is 1. The number of methoxy groups -OCH3 is 1. The van der Waals surface area contributed by atoms with Crippen LogP contribution in [0.3, 0.4) is 0 Å². The molecule has 1 fully saturated rings. The molecule has 4 nitrogen and oxygen atoms in total. The number of carbonyl (C=O) groups excluding carboxylic acids is 1. The zero-order valence-electron chi connectivity index (χ0n) is 12.3. The van der Waals surface area contributed by atoms with E-state index in [-0.39, 0.29) is 11.9 Å². The Morgan fingerprint density at radius 1 is 1.25 bits per heavy atom. The maximum Gasteiger partial charge on any atom is 0.242 e. The first-order chi connectivity index (χ1) is 9.70. The standard InChI is InChI=1S/C16H24N2O2/c1-12(16(19)18-13-8-4-3-5-9-13)17-14-10-6-7-11-15(14)20-2/h6-7,10-13,17H,3-5,8-9H2,1-2H3,(H,18,19)/t12-/m1/s1. The van der Waals surface area contributed by atoms with Gasteiger partial charge in [-0.25, -0.2) is 0 Å². The van der Waals surface area contributed by atoms with E-state index in [0.29, 0.717) is 6.04 Å². The van der Waals surface area contributed by atoms with Crippen LogP contribution in [0.2, 0.25) is 0 Å². The molecule has 0 aliphatic heterocycles. The lowest BCUT2D eigenvalue weighted by Crippen LogP contribution is -2.44. The summed E-state index contributed by atoms with van der Waals surface area (Å²) in [5.41, 5.74) is 0.848. The van der Waals surface area contributed by atoms with Gasteiger partial charge in [0.1, 0.15) is 11.8 Å². The predicted molar refractivity (Wildman–Crippen MR) is 81.1 cm³/mol. The Bertz CT molecular complexity index is 442. The minimum atomic E-state index is -0.270. The van der Waals surface area contributed by atoms with Gasteiger partial charge in [-0.05, 0) is 31.9 Å². The molecule has 4 heteroatoms. The zero-order valence-corrected chi connectivity index (χ0v) is 12.3. The quantitative estimate of drug-likeness (QED) is 0.869. The Morgan fingerprint density at radius 2 is 1.95 bits per heavy atom. The second kappa shape index (κ2) is 7.17. The summed E-state index contributed by atoms with van der Waals surface area (Å²) in [5.74, 6) is 0.813. The summed E-state index contributed by atoms with van der Waals surface area (Å²) in [6, 6.07) is 7.72. The molecule has 0 heterocycles. The maximum absolute atomic E-state index is 12.2. The molecule has 1 aromatic carbocycles. The molecule has 1 amide bonds. The fraction of sp³-hybridized carbons (Fsp3) is 0.562. The average molecular weight is 276 g/mol. The van der Waals surface area contributed by atoms with Gasteiger partial charge < -0.3 is 15.4 Å². The monoisotopic (exact) mass is 276 g/mol. The van der Waals surface area contributed by atoms with Gasteiger partial charge in [-0.1, -0.05) is 31.4 Å². The first-order valence-corrected chi connectivity index (χ1v) is 7.40. The summed E-state index contributed by atoms with van der Waals surface area (Å²) < 4.78 is 5.28. The van der Waals surface area contributed by atoms with Crippen molar-refractivity contribution < 1.29 is 9.53 Å². The highest BCUT2D eigenvalue weighted by atomic mass is 16.5. The third-order valence-corrected chi connectivity index (χ3v) is 3.82. The van der Waals surface area contributed by atoms with Crippen LogP contribution in [0.4, 0.5) is 5.69 Å². The second-order valence-electron chi connectivity index (χ2n) is 5.41. The molecule has 0 unspecified atom stereocenters. The van der Waals surface area contributed by atoms with Crippen molar-refractivity contribution in [1.29, 1.82) is 0 Å². The minimum Gasteiger partial charge on any atom is -0.495 e. The highest BCUT2D eigenvalue weighted by Gasteiger charge is 2.20. The summed E-state index contributed by atoms with van der Waals surface area (Å²) in [6.07, 6.45) is 5.94. The van der Waals surface area contributed by atoms with Crippen molar-refractivity contribution >= 4 is 11.6 Å². The number of para-hydroxylation sites is 2. The average Bonchev–Trinajstić information content (AvgIpc) is 2.48. The number of hydrogen-bond acceptors (Lipinski definition) is 3. The number of ether oxygens (including phenoxy) is 1. The van der Waals surface area contributed by atoms with Crippen LogP contribution in [-0.2, 0) is 4.79 Å². The molecule has 1 atom stereocenters. The lowest BCUT2D eigenvalue weighted by Gasteiger charge is -2.25. The van der Waals surface area contributed by atoms with Gasteiger partial charge in [-0.2, -0.15) is 0 Å².